The fourth-order valence-electron chi connectivity index (χ4n) is 2.15. The van der Waals surface area contributed by atoms with Gasteiger partial charge in [0.2, 0.25) is 5.91 Å². The molecule has 0 heterocycles. The first-order valence-corrected chi connectivity index (χ1v) is 7.73. The molecule has 2 rings (SSSR count). The minimum atomic E-state index is -4.95. The van der Waals surface area contributed by atoms with Crippen LogP contribution in [0.5, 0.6) is 0 Å². The summed E-state index contributed by atoms with van der Waals surface area (Å²) in [7, 11) is 0. The Balaban J connectivity index is 1.79. The fraction of sp³-hybridized carbons (Fsp3) is 0.222. The van der Waals surface area contributed by atoms with Crippen LogP contribution in [0.4, 0.5) is 23.2 Å². The van der Waals surface area contributed by atoms with E-state index in [1.807, 2.05) is 0 Å². The first-order chi connectivity index (χ1) is 12.3. The molecule has 0 saturated carbocycles. The molecule has 0 saturated heterocycles. The summed E-state index contributed by atoms with van der Waals surface area (Å²) in [6.07, 6.45) is -4.58. The molecule has 2 amide bonds. The first kappa shape index (κ1) is 19.4. The molecule has 2 N–H and O–H groups in total. The second-order valence-electron chi connectivity index (χ2n) is 5.52. The summed E-state index contributed by atoms with van der Waals surface area (Å²) in [5.74, 6) is -2.69. The van der Waals surface area contributed by atoms with Crippen molar-refractivity contribution in [1.29, 1.82) is 0 Å². The van der Waals surface area contributed by atoms with Gasteiger partial charge in [0.25, 0.3) is 0 Å². The van der Waals surface area contributed by atoms with Gasteiger partial charge in [-0.2, -0.15) is 13.2 Å². The van der Waals surface area contributed by atoms with Gasteiger partial charge in [0, 0.05) is 18.7 Å². The van der Waals surface area contributed by atoms with Crippen molar-refractivity contribution in [3.63, 3.8) is 0 Å². The molecule has 0 radical (unpaired) electrons. The van der Waals surface area contributed by atoms with Gasteiger partial charge in [-0.3, -0.25) is 9.59 Å². The van der Waals surface area contributed by atoms with Crippen LogP contribution in [0.2, 0.25) is 0 Å². The van der Waals surface area contributed by atoms with Crippen LogP contribution >= 0.6 is 0 Å². The van der Waals surface area contributed by atoms with Crippen LogP contribution in [-0.4, -0.2) is 18.0 Å². The minimum Gasteiger partial charge on any atom is -0.352 e. The molecule has 0 aliphatic heterocycles. The molecule has 0 fully saturated rings. The van der Waals surface area contributed by atoms with Gasteiger partial charge in [-0.25, -0.2) is 4.39 Å². The molecule has 0 atom stereocenters. The Hall–Kier alpha value is -2.90. The van der Waals surface area contributed by atoms with Crippen LogP contribution in [0.25, 0.3) is 0 Å². The number of hydrogen-bond donors (Lipinski definition) is 2. The van der Waals surface area contributed by atoms with Crippen LogP contribution < -0.4 is 10.6 Å². The Kier molecular flexibility index (Phi) is 6.32. The minimum absolute atomic E-state index is 0.00181. The van der Waals surface area contributed by atoms with E-state index >= 15 is 0 Å². The van der Waals surface area contributed by atoms with Crippen molar-refractivity contribution in [2.45, 2.75) is 25.6 Å². The quantitative estimate of drug-likeness (QED) is 0.766. The number of carbonyl (C=O) groups is 2. The topological polar surface area (TPSA) is 58.2 Å². The molecule has 0 unspecified atom stereocenters. The average molecular weight is 368 g/mol. The third-order valence-corrected chi connectivity index (χ3v) is 3.54. The predicted molar refractivity (Wildman–Crippen MR) is 87.7 cm³/mol. The van der Waals surface area contributed by atoms with Gasteiger partial charge in [-0.1, -0.05) is 30.3 Å². The molecule has 0 aromatic heterocycles. The molecule has 0 bridgehead atoms. The van der Waals surface area contributed by atoms with Crippen molar-refractivity contribution in [2.24, 2.45) is 0 Å². The second-order valence-corrected chi connectivity index (χ2v) is 5.52. The van der Waals surface area contributed by atoms with Crippen molar-refractivity contribution in [2.75, 3.05) is 5.32 Å². The van der Waals surface area contributed by atoms with Gasteiger partial charge in [-0.05, 0) is 35.7 Å². The molecule has 0 aliphatic carbocycles. The fourth-order valence-corrected chi connectivity index (χ4v) is 2.15. The van der Waals surface area contributed by atoms with Gasteiger partial charge in [0.15, 0.2) is 0 Å². The van der Waals surface area contributed by atoms with Gasteiger partial charge in [0.05, 0.1) is 0 Å². The van der Waals surface area contributed by atoms with E-state index in [0.29, 0.717) is 11.1 Å². The number of nitrogens with one attached hydrogen (secondary N) is 2. The van der Waals surface area contributed by atoms with E-state index in [1.54, 1.807) is 23.5 Å². The van der Waals surface area contributed by atoms with Gasteiger partial charge in [0.1, 0.15) is 5.82 Å². The summed E-state index contributed by atoms with van der Waals surface area (Å²) in [5, 5.41) is 4.38. The van der Waals surface area contributed by atoms with Gasteiger partial charge in [-0.15, -0.1) is 0 Å². The maximum Gasteiger partial charge on any atom is 0.471 e. The summed E-state index contributed by atoms with van der Waals surface area (Å²) >= 11 is 0. The zero-order chi connectivity index (χ0) is 19.2. The lowest BCUT2D eigenvalue weighted by Gasteiger charge is -2.09. The SMILES string of the molecule is O=C(CCc1ccccc1F)NCc1ccc(NC(=O)C(F)(F)F)cc1. The normalized spacial score (nSPS) is 11.1. The lowest BCUT2D eigenvalue weighted by molar-refractivity contribution is -0.167. The third kappa shape index (κ3) is 5.87. The van der Waals surface area contributed by atoms with Crippen LogP contribution in [0, 0.1) is 5.82 Å². The number of rotatable bonds is 6. The Bertz CT molecular complexity index is 774. The number of anilines is 1. The summed E-state index contributed by atoms with van der Waals surface area (Å²) in [6, 6.07) is 11.8. The zero-order valence-electron chi connectivity index (χ0n) is 13.6. The van der Waals surface area contributed by atoms with Crippen molar-refractivity contribution >= 4 is 17.5 Å². The molecule has 4 nitrogen and oxygen atoms in total. The molecular formula is C18H16F4N2O2. The van der Waals surface area contributed by atoms with Crippen LogP contribution in [0.3, 0.4) is 0 Å². The van der Waals surface area contributed by atoms with E-state index in [9.17, 15) is 27.2 Å². The number of hydrogen-bond acceptors (Lipinski definition) is 2. The smallest absolute Gasteiger partial charge is 0.352 e. The molecule has 8 heteroatoms. The molecule has 26 heavy (non-hydrogen) atoms. The van der Waals surface area contributed by atoms with Gasteiger partial charge >= 0.3 is 12.1 Å². The molecule has 0 spiro atoms. The van der Waals surface area contributed by atoms with E-state index in [2.05, 4.69) is 5.32 Å². The van der Waals surface area contributed by atoms with E-state index in [-0.39, 0.29) is 36.8 Å². The number of carbonyl (C=O) groups excluding carboxylic acids is 2. The van der Waals surface area contributed by atoms with Gasteiger partial charge < -0.3 is 10.6 Å². The first-order valence-electron chi connectivity index (χ1n) is 7.73. The summed E-state index contributed by atoms with van der Waals surface area (Å²) in [4.78, 5) is 22.6. The number of halogens is 4. The van der Waals surface area contributed by atoms with E-state index in [1.165, 1.54) is 30.3 Å². The maximum absolute atomic E-state index is 13.5. The largest absolute Gasteiger partial charge is 0.471 e. The highest BCUT2D eigenvalue weighted by atomic mass is 19.4. The highest BCUT2D eigenvalue weighted by Gasteiger charge is 2.38. The van der Waals surface area contributed by atoms with Crippen molar-refractivity contribution in [3.8, 4) is 0 Å². The number of alkyl halides is 3. The summed E-state index contributed by atoms with van der Waals surface area (Å²) in [5.41, 5.74) is 1.10. The maximum atomic E-state index is 13.5. The Morgan fingerprint density at radius 1 is 0.962 bits per heavy atom. The van der Waals surface area contributed by atoms with Crippen molar-refractivity contribution < 1.29 is 27.2 Å². The number of amides is 2. The Morgan fingerprint density at radius 2 is 1.62 bits per heavy atom. The molecule has 138 valence electrons. The van der Waals surface area contributed by atoms with Crippen LogP contribution in [-0.2, 0) is 22.6 Å². The molecule has 0 aliphatic rings. The standard InChI is InChI=1S/C18H16F4N2O2/c19-15-4-2-1-3-13(15)7-10-16(25)23-11-12-5-8-14(9-6-12)24-17(26)18(20,21)22/h1-6,8-9H,7,10-11H2,(H,23,25)(H,24,26). The average Bonchev–Trinajstić information content (AvgIpc) is 2.59. The molecular weight excluding hydrogens is 352 g/mol. The third-order valence-electron chi connectivity index (χ3n) is 3.54. The Morgan fingerprint density at radius 3 is 2.23 bits per heavy atom. The molecule has 2 aromatic rings. The lowest BCUT2D eigenvalue weighted by atomic mass is 10.1. The van der Waals surface area contributed by atoms with E-state index in [0.717, 1.165) is 0 Å². The van der Waals surface area contributed by atoms with Crippen molar-refractivity contribution in [3.05, 3.63) is 65.5 Å². The summed E-state index contributed by atoms with van der Waals surface area (Å²) < 4.78 is 49.9. The van der Waals surface area contributed by atoms with E-state index in [4.69, 9.17) is 0 Å². The second kappa shape index (κ2) is 8.46. The van der Waals surface area contributed by atoms with Crippen LogP contribution in [0.1, 0.15) is 17.5 Å². The lowest BCUT2D eigenvalue weighted by Crippen LogP contribution is -2.29. The molecule has 2 aromatic carbocycles. The highest BCUT2D eigenvalue weighted by Crippen LogP contribution is 2.18. The predicted octanol–water partition coefficient (Wildman–Crippen LogP) is 3.58. The zero-order valence-corrected chi connectivity index (χ0v) is 13.6. The number of aryl methyl sites for hydroxylation is 1. The summed E-state index contributed by atoms with van der Waals surface area (Å²) in [6.45, 7) is 0.170. The number of benzene rings is 2. The monoisotopic (exact) mass is 368 g/mol. The highest BCUT2D eigenvalue weighted by molar-refractivity contribution is 5.94. The van der Waals surface area contributed by atoms with Crippen LogP contribution in [0.15, 0.2) is 48.5 Å². The Labute approximate surface area is 147 Å². The van der Waals surface area contributed by atoms with E-state index < -0.39 is 12.1 Å². The van der Waals surface area contributed by atoms with Crippen molar-refractivity contribution in [1.82, 2.24) is 5.32 Å².